The SMILES string of the molecule is Clc1cc(Cl)cc(OCc2occc2CNC2CC2)c1. The van der Waals surface area contributed by atoms with Gasteiger partial charge in [0.2, 0.25) is 0 Å². The second-order valence-electron chi connectivity index (χ2n) is 4.92. The third-order valence-corrected chi connectivity index (χ3v) is 3.64. The molecule has 20 heavy (non-hydrogen) atoms. The van der Waals surface area contributed by atoms with Gasteiger partial charge in [-0.05, 0) is 37.1 Å². The Morgan fingerprint density at radius 3 is 2.65 bits per heavy atom. The molecule has 5 heteroatoms. The molecule has 1 aromatic heterocycles. The Morgan fingerprint density at radius 2 is 1.95 bits per heavy atom. The highest BCUT2D eigenvalue weighted by Crippen LogP contribution is 2.25. The number of furan rings is 1. The van der Waals surface area contributed by atoms with Crippen molar-refractivity contribution >= 4 is 23.2 Å². The van der Waals surface area contributed by atoms with Crippen molar-refractivity contribution in [2.45, 2.75) is 32.0 Å². The average Bonchev–Trinajstić information content (AvgIpc) is 3.12. The molecule has 1 aliphatic carbocycles. The molecule has 0 radical (unpaired) electrons. The number of ether oxygens (including phenoxy) is 1. The summed E-state index contributed by atoms with van der Waals surface area (Å²) in [6.45, 7) is 1.18. The number of benzene rings is 1. The molecule has 3 nitrogen and oxygen atoms in total. The van der Waals surface area contributed by atoms with Crippen LogP contribution in [0.25, 0.3) is 0 Å². The Morgan fingerprint density at radius 1 is 1.20 bits per heavy atom. The van der Waals surface area contributed by atoms with Gasteiger partial charge in [0.05, 0.1) is 6.26 Å². The van der Waals surface area contributed by atoms with E-state index in [-0.39, 0.29) is 0 Å². The molecule has 3 rings (SSSR count). The molecular weight excluding hydrogens is 297 g/mol. The first-order valence-electron chi connectivity index (χ1n) is 6.58. The number of hydrogen-bond donors (Lipinski definition) is 1. The predicted molar refractivity (Wildman–Crippen MR) is 79.4 cm³/mol. The summed E-state index contributed by atoms with van der Waals surface area (Å²) in [5.41, 5.74) is 1.13. The second kappa shape index (κ2) is 6.08. The van der Waals surface area contributed by atoms with Crippen LogP contribution in [0, 0.1) is 0 Å². The number of hydrogen-bond acceptors (Lipinski definition) is 3. The summed E-state index contributed by atoms with van der Waals surface area (Å²) in [6.07, 6.45) is 4.23. The van der Waals surface area contributed by atoms with E-state index in [9.17, 15) is 0 Å². The zero-order valence-corrected chi connectivity index (χ0v) is 12.4. The number of halogens is 2. The van der Waals surface area contributed by atoms with Crippen LogP contribution in [0.4, 0.5) is 0 Å². The van der Waals surface area contributed by atoms with E-state index in [1.807, 2.05) is 6.07 Å². The fraction of sp³-hybridized carbons (Fsp3) is 0.333. The summed E-state index contributed by atoms with van der Waals surface area (Å²) in [5.74, 6) is 1.47. The maximum absolute atomic E-state index is 5.94. The van der Waals surface area contributed by atoms with Crippen molar-refractivity contribution in [3.8, 4) is 5.75 Å². The van der Waals surface area contributed by atoms with E-state index in [4.69, 9.17) is 32.4 Å². The van der Waals surface area contributed by atoms with Gasteiger partial charge in [0.1, 0.15) is 18.1 Å². The summed E-state index contributed by atoms with van der Waals surface area (Å²) in [7, 11) is 0. The maximum atomic E-state index is 5.94. The van der Waals surface area contributed by atoms with E-state index in [1.54, 1.807) is 24.5 Å². The van der Waals surface area contributed by atoms with Crippen LogP contribution in [0.5, 0.6) is 5.75 Å². The van der Waals surface area contributed by atoms with Crippen LogP contribution in [-0.2, 0) is 13.2 Å². The van der Waals surface area contributed by atoms with Crippen molar-refractivity contribution in [1.82, 2.24) is 5.32 Å². The van der Waals surface area contributed by atoms with Gasteiger partial charge in [-0.15, -0.1) is 0 Å². The van der Waals surface area contributed by atoms with E-state index < -0.39 is 0 Å². The van der Waals surface area contributed by atoms with Gasteiger partial charge in [0.25, 0.3) is 0 Å². The molecule has 0 spiro atoms. The van der Waals surface area contributed by atoms with Crippen molar-refractivity contribution in [2.75, 3.05) is 0 Å². The monoisotopic (exact) mass is 311 g/mol. The topological polar surface area (TPSA) is 34.4 Å². The van der Waals surface area contributed by atoms with Gasteiger partial charge >= 0.3 is 0 Å². The van der Waals surface area contributed by atoms with Gasteiger partial charge < -0.3 is 14.5 Å². The summed E-state index contributed by atoms with van der Waals surface area (Å²) >= 11 is 11.9. The lowest BCUT2D eigenvalue weighted by Crippen LogP contribution is -2.16. The fourth-order valence-corrected chi connectivity index (χ4v) is 2.46. The van der Waals surface area contributed by atoms with Gasteiger partial charge in [-0.25, -0.2) is 0 Å². The van der Waals surface area contributed by atoms with Gasteiger partial charge in [0, 0.05) is 28.2 Å². The first-order valence-corrected chi connectivity index (χ1v) is 7.34. The van der Waals surface area contributed by atoms with Crippen LogP contribution in [0.15, 0.2) is 34.9 Å². The largest absolute Gasteiger partial charge is 0.486 e. The normalized spacial score (nSPS) is 14.5. The molecule has 0 bridgehead atoms. The van der Waals surface area contributed by atoms with Crippen LogP contribution < -0.4 is 10.1 Å². The summed E-state index contributed by atoms with van der Waals surface area (Å²) < 4.78 is 11.2. The third kappa shape index (κ3) is 3.69. The Kier molecular flexibility index (Phi) is 4.20. The molecule has 1 fully saturated rings. The van der Waals surface area contributed by atoms with Gasteiger partial charge in [0.15, 0.2) is 0 Å². The Hall–Kier alpha value is -1.16. The van der Waals surface area contributed by atoms with Crippen LogP contribution in [-0.4, -0.2) is 6.04 Å². The summed E-state index contributed by atoms with van der Waals surface area (Å²) in [6, 6.07) is 7.79. The molecule has 0 saturated heterocycles. The number of rotatable bonds is 6. The van der Waals surface area contributed by atoms with Crippen molar-refractivity contribution in [3.05, 3.63) is 51.9 Å². The van der Waals surface area contributed by atoms with Crippen molar-refractivity contribution in [3.63, 3.8) is 0 Å². The van der Waals surface area contributed by atoms with Gasteiger partial charge in [-0.3, -0.25) is 0 Å². The minimum absolute atomic E-state index is 0.366. The highest BCUT2D eigenvalue weighted by atomic mass is 35.5. The lowest BCUT2D eigenvalue weighted by molar-refractivity contribution is 0.268. The van der Waals surface area contributed by atoms with Gasteiger partial charge in [-0.2, -0.15) is 0 Å². The molecule has 2 aromatic rings. The maximum Gasteiger partial charge on any atom is 0.146 e. The predicted octanol–water partition coefficient (Wildman–Crippen LogP) is 4.42. The lowest BCUT2D eigenvalue weighted by atomic mass is 10.2. The average molecular weight is 312 g/mol. The molecule has 0 aliphatic heterocycles. The molecule has 0 amide bonds. The zero-order chi connectivity index (χ0) is 13.9. The molecule has 0 atom stereocenters. The van der Waals surface area contributed by atoms with Gasteiger partial charge in [-0.1, -0.05) is 23.2 Å². The lowest BCUT2D eigenvalue weighted by Gasteiger charge is -2.08. The van der Waals surface area contributed by atoms with Crippen LogP contribution in [0.3, 0.4) is 0 Å². The molecule has 1 N–H and O–H groups in total. The van der Waals surface area contributed by atoms with E-state index in [0.717, 1.165) is 17.9 Å². The fourth-order valence-electron chi connectivity index (χ4n) is 1.95. The summed E-state index contributed by atoms with van der Waals surface area (Å²) in [4.78, 5) is 0. The third-order valence-electron chi connectivity index (χ3n) is 3.20. The molecule has 1 saturated carbocycles. The van der Waals surface area contributed by atoms with E-state index in [0.29, 0.717) is 28.4 Å². The van der Waals surface area contributed by atoms with E-state index in [1.165, 1.54) is 12.8 Å². The van der Waals surface area contributed by atoms with Crippen LogP contribution >= 0.6 is 23.2 Å². The van der Waals surface area contributed by atoms with E-state index >= 15 is 0 Å². The number of nitrogens with one attached hydrogen (secondary N) is 1. The Balaban J connectivity index is 1.61. The smallest absolute Gasteiger partial charge is 0.146 e. The molecule has 1 aromatic carbocycles. The molecule has 1 aliphatic rings. The minimum Gasteiger partial charge on any atom is -0.486 e. The molecular formula is C15H15Cl2NO2. The standard InChI is InChI=1S/C15H15Cl2NO2/c16-11-5-12(17)7-14(6-11)20-9-15-10(3-4-19-15)8-18-13-1-2-13/h3-7,13,18H,1-2,8-9H2. The molecule has 0 unspecified atom stereocenters. The zero-order valence-electron chi connectivity index (χ0n) is 10.9. The quantitative estimate of drug-likeness (QED) is 0.857. The highest BCUT2D eigenvalue weighted by molar-refractivity contribution is 6.34. The summed E-state index contributed by atoms with van der Waals surface area (Å²) in [5, 5.41) is 4.57. The second-order valence-corrected chi connectivity index (χ2v) is 5.79. The molecule has 106 valence electrons. The molecule has 1 heterocycles. The van der Waals surface area contributed by atoms with E-state index in [2.05, 4.69) is 5.32 Å². The Bertz CT molecular complexity index is 573. The van der Waals surface area contributed by atoms with Crippen LogP contribution in [0.1, 0.15) is 24.2 Å². The first kappa shape index (κ1) is 13.8. The Labute approximate surface area is 127 Å². The first-order chi connectivity index (χ1) is 9.70. The highest BCUT2D eigenvalue weighted by Gasteiger charge is 2.21. The van der Waals surface area contributed by atoms with Crippen molar-refractivity contribution in [1.29, 1.82) is 0 Å². The van der Waals surface area contributed by atoms with Crippen molar-refractivity contribution < 1.29 is 9.15 Å². The minimum atomic E-state index is 0.366. The van der Waals surface area contributed by atoms with Crippen LogP contribution in [0.2, 0.25) is 10.0 Å². The van der Waals surface area contributed by atoms with Crippen molar-refractivity contribution in [2.24, 2.45) is 0 Å².